The lowest BCUT2D eigenvalue weighted by atomic mass is 9.69. The molecule has 0 unspecified atom stereocenters. The van der Waals surface area contributed by atoms with Gasteiger partial charge in [0.2, 0.25) is 0 Å². The molecule has 0 radical (unpaired) electrons. The Labute approximate surface area is 102 Å². The normalized spacial score (nSPS) is 18.7. The van der Waals surface area contributed by atoms with Crippen LogP contribution in [0.2, 0.25) is 0 Å². The zero-order chi connectivity index (χ0) is 12.8. The molecule has 1 N–H and O–H groups in total. The quantitative estimate of drug-likeness (QED) is 0.637. The molecule has 0 rings (SSSR count). The molecule has 0 amide bonds. The van der Waals surface area contributed by atoms with E-state index in [1.807, 2.05) is 6.92 Å². The van der Waals surface area contributed by atoms with Crippen LogP contribution in [0.3, 0.4) is 0 Å². The maximum atomic E-state index is 10.4. The van der Waals surface area contributed by atoms with E-state index in [0.717, 1.165) is 19.3 Å². The molecule has 0 spiro atoms. The smallest absolute Gasteiger partial charge is 0.0601 e. The predicted octanol–water partition coefficient (Wildman–Crippen LogP) is 4.41. The van der Waals surface area contributed by atoms with Crippen molar-refractivity contribution >= 4 is 0 Å². The highest BCUT2D eigenvalue weighted by atomic mass is 16.3. The summed E-state index contributed by atoms with van der Waals surface area (Å²) in [6.07, 6.45) is 7.19. The van der Waals surface area contributed by atoms with Crippen molar-refractivity contribution in [2.45, 2.75) is 66.9 Å². The monoisotopic (exact) mass is 226 g/mol. The van der Waals surface area contributed by atoms with E-state index in [1.165, 1.54) is 0 Å². The highest BCUT2D eigenvalue weighted by molar-refractivity contribution is 4.88. The van der Waals surface area contributed by atoms with E-state index < -0.39 is 0 Å². The van der Waals surface area contributed by atoms with Gasteiger partial charge in [-0.25, -0.2) is 0 Å². The van der Waals surface area contributed by atoms with Gasteiger partial charge in [-0.1, -0.05) is 59.6 Å². The Morgan fingerprint density at radius 2 is 1.81 bits per heavy atom. The molecule has 1 heteroatoms. The summed E-state index contributed by atoms with van der Waals surface area (Å²) in [6.45, 7) is 13.1. The molecule has 0 heterocycles. The average molecular weight is 226 g/mol. The van der Waals surface area contributed by atoms with Gasteiger partial charge in [-0.2, -0.15) is 0 Å². The Balaban J connectivity index is 4.57. The first-order chi connectivity index (χ1) is 7.40. The summed E-state index contributed by atoms with van der Waals surface area (Å²) in [4.78, 5) is 0. The fourth-order valence-corrected chi connectivity index (χ4v) is 2.41. The molecule has 0 fully saturated rings. The van der Waals surface area contributed by atoms with Crippen LogP contribution >= 0.6 is 0 Å². The van der Waals surface area contributed by atoms with Crippen LogP contribution < -0.4 is 0 Å². The predicted molar refractivity (Wildman–Crippen MR) is 72.5 cm³/mol. The van der Waals surface area contributed by atoms with Crippen molar-refractivity contribution in [2.75, 3.05) is 0 Å². The van der Waals surface area contributed by atoms with Gasteiger partial charge in [0.1, 0.15) is 0 Å². The second kappa shape index (κ2) is 7.11. The van der Waals surface area contributed by atoms with E-state index in [2.05, 4.69) is 46.8 Å². The van der Waals surface area contributed by atoms with Crippen molar-refractivity contribution in [2.24, 2.45) is 17.3 Å². The fraction of sp³-hybridized carbons (Fsp3) is 0.867. The molecule has 0 aliphatic carbocycles. The Morgan fingerprint density at radius 1 is 1.25 bits per heavy atom. The van der Waals surface area contributed by atoms with Crippen molar-refractivity contribution in [3.05, 3.63) is 12.2 Å². The van der Waals surface area contributed by atoms with E-state index in [-0.39, 0.29) is 11.5 Å². The molecule has 0 aromatic heterocycles. The summed E-state index contributed by atoms with van der Waals surface area (Å²) >= 11 is 0. The van der Waals surface area contributed by atoms with Gasteiger partial charge in [0.05, 0.1) is 6.10 Å². The largest absolute Gasteiger partial charge is 0.393 e. The van der Waals surface area contributed by atoms with Crippen molar-refractivity contribution in [1.29, 1.82) is 0 Å². The summed E-state index contributed by atoms with van der Waals surface area (Å²) in [5, 5.41) is 10.4. The zero-order valence-electron chi connectivity index (χ0n) is 12.0. The van der Waals surface area contributed by atoms with Crippen molar-refractivity contribution in [3.63, 3.8) is 0 Å². The summed E-state index contributed by atoms with van der Waals surface area (Å²) < 4.78 is 0. The molecule has 0 bridgehead atoms. The lowest BCUT2D eigenvalue weighted by molar-refractivity contribution is -0.00461. The molecule has 0 saturated heterocycles. The highest BCUT2D eigenvalue weighted by Crippen LogP contribution is 2.37. The fourth-order valence-electron chi connectivity index (χ4n) is 2.41. The van der Waals surface area contributed by atoms with Gasteiger partial charge in [-0.3, -0.25) is 0 Å². The number of aliphatic hydroxyl groups is 1. The Kier molecular flexibility index (Phi) is 6.98. The molecular formula is C15H30O. The van der Waals surface area contributed by atoms with Crippen LogP contribution in [-0.4, -0.2) is 11.2 Å². The molecule has 0 aliphatic heterocycles. The second-order valence-electron chi connectivity index (χ2n) is 5.63. The van der Waals surface area contributed by atoms with E-state index in [1.54, 1.807) is 0 Å². The van der Waals surface area contributed by atoms with Crippen LogP contribution in [-0.2, 0) is 0 Å². The molecule has 0 saturated carbocycles. The van der Waals surface area contributed by atoms with Crippen LogP contribution in [0.15, 0.2) is 12.2 Å². The van der Waals surface area contributed by atoms with Gasteiger partial charge in [0.25, 0.3) is 0 Å². The number of hydrogen-bond donors (Lipinski definition) is 1. The number of allylic oxidation sites excluding steroid dienone is 2. The Hall–Kier alpha value is -0.300. The summed E-state index contributed by atoms with van der Waals surface area (Å²) in [6, 6.07) is 0. The van der Waals surface area contributed by atoms with Crippen LogP contribution in [0.5, 0.6) is 0 Å². The first-order valence-corrected chi connectivity index (χ1v) is 6.69. The van der Waals surface area contributed by atoms with E-state index >= 15 is 0 Å². The Bertz CT molecular complexity index is 205. The van der Waals surface area contributed by atoms with Crippen molar-refractivity contribution < 1.29 is 5.11 Å². The first kappa shape index (κ1) is 15.7. The number of hydrogen-bond acceptors (Lipinski definition) is 1. The molecule has 0 aliphatic rings. The third-order valence-electron chi connectivity index (χ3n) is 4.09. The molecule has 96 valence electrons. The van der Waals surface area contributed by atoms with Gasteiger partial charge in [0.15, 0.2) is 0 Å². The lowest BCUT2D eigenvalue weighted by Crippen LogP contribution is -2.37. The van der Waals surface area contributed by atoms with Crippen LogP contribution in [0.4, 0.5) is 0 Å². The number of aliphatic hydroxyl groups excluding tert-OH is 1. The van der Waals surface area contributed by atoms with Gasteiger partial charge >= 0.3 is 0 Å². The number of rotatable bonds is 7. The van der Waals surface area contributed by atoms with E-state index in [0.29, 0.717) is 11.8 Å². The summed E-state index contributed by atoms with van der Waals surface area (Å²) in [5.41, 5.74) is 0.234. The van der Waals surface area contributed by atoms with Crippen molar-refractivity contribution in [1.82, 2.24) is 0 Å². The third-order valence-corrected chi connectivity index (χ3v) is 4.09. The van der Waals surface area contributed by atoms with Crippen LogP contribution in [0.25, 0.3) is 0 Å². The zero-order valence-corrected chi connectivity index (χ0v) is 12.0. The topological polar surface area (TPSA) is 20.2 Å². The minimum atomic E-state index is -0.184. The summed E-state index contributed by atoms with van der Waals surface area (Å²) in [5.74, 6) is 0.754. The van der Waals surface area contributed by atoms with E-state index in [9.17, 15) is 5.11 Å². The molecule has 16 heavy (non-hydrogen) atoms. The van der Waals surface area contributed by atoms with Crippen LogP contribution in [0, 0.1) is 17.3 Å². The Morgan fingerprint density at radius 3 is 2.19 bits per heavy atom. The molecular weight excluding hydrogens is 196 g/mol. The minimum absolute atomic E-state index is 0.184. The van der Waals surface area contributed by atoms with Crippen molar-refractivity contribution in [3.8, 4) is 0 Å². The second-order valence-corrected chi connectivity index (χ2v) is 5.63. The maximum Gasteiger partial charge on any atom is 0.0601 e. The molecule has 3 atom stereocenters. The first-order valence-electron chi connectivity index (χ1n) is 6.69. The van der Waals surface area contributed by atoms with Gasteiger partial charge in [-0.15, -0.1) is 0 Å². The van der Waals surface area contributed by atoms with Gasteiger partial charge in [-0.05, 0) is 30.6 Å². The molecule has 0 aromatic rings. The standard InChI is InChI=1S/C15H30O/c1-7-10-11-12(4)14(16)13(8-2)15(5,6)9-3/h7,10,12-14,16H,8-9,11H2,1-6H3/b10-7+/t12-,13+,14-/m1/s1. The van der Waals surface area contributed by atoms with Gasteiger partial charge < -0.3 is 5.11 Å². The minimum Gasteiger partial charge on any atom is -0.393 e. The lowest BCUT2D eigenvalue weighted by Gasteiger charge is -2.38. The maximum absolute atomic E-state index is 10.4. The highest BCUT2D eigenvalue weighted by Gasteiger charge is 2.34. The molecule has 0 aromatic carbocycles. The SMILES string of the molecule is C/C=C/C[C@@H](C)[C@@H](O)[C@H](CC)C(C)(C)CC. The molecule has 1 nitrogen and oxygen atoms in total. The van der Waals surface area contributed by atoms with Gasteiger partial charge in [0, 0.05) is 0 Å². The summed E-state index contributed by atoms with van der Waals surface area (Å²) in [7, 11) is 0. The average Bonchev–Trinajstić information content (AvgIpc) is 2.26. The van der Waals surface area contributed by atoms with Crippen LogP contribution in [0.1, 0.15) is 60.8 Å². The third kappa shape index (κ3) is 4.29. The van der Waals surface area contributed by atoms with E-state index in [4.69, 9.17) is 0 Å².